The molecular formula is C17H26N4O4. The zero-order valence-corrected chi connectivity index (χ0v) is 14.7. The predicted molar refractivity (Wildman–Crippen MR) is 90.4 cm³/mol. The number of amides is 2. The Morgan fingerprint density at radius 2 is 2.00 bits per heavy atom. The minimum Gasteiger partial charge on any atom is -0.468 e. The number of nitrogens with zero attached hydrogens (tertiary/aromatic N) is 3. The molecule has 3 rings (SSSR count). The molecule has 8 nitrogen and oxygen atoms in total. The number of hydrogen-bond acceptors (Lipinski definition) is 5. The van der Waals surface area contributed by atoms with Crippen molar-refractivity contribution in [1.82, 2.24) is 20.0 Å². The molecule has 2 fully saturated rings. The molecular weight excluding hydrogens is 324 g/mol. The summed E-state index contributed by atoms with van der Waals surface area (Å²) < 4.78 is 12.3. The summed E-state index contributed by atoms with van der Waals surface area (Å²) in [7, 11) is 1.70. The largest absolute Gasteiger partial charge is 0.468 e. The zero-order chi connectivity index (χ0) is 17.6. The van der Waals surface area contributed by atoms with Crippen LogP contribution in [-0.2, 0) is 16.6 Å². The number of carbonyl (C=O) groups is 2. The summed E-state index contributed by atoms with van der Waals surface area (Å²) in [4.78, 5) is 26.2. The first-order valence-corrected chi connectivity index (χ1v) is 8.96. The van der Waals surface area contributed by atoms with E-state index in [9.17, 15) is 9.59 Å². The molecule has 0 aromatic carbocycles. The molecule has 0 bridgehead atoms. The third-order valence-corrected chi connectivity index (χ3v) is 4.72. The topological polar surface area (TPSA) is 85.7 Å². The molecule has 1 aliphatic carbocycles. The van der Waals surface area contributed by atoms with Gasteiger partial charge < -0.3 is 19.7 Å². The smallest absolute Gasteiger partial charge is 0.272 e. The fourth-order valence-electron chi connectivity index (χ4n) is 3.24. The van der Waals surface area contributed by atoms with Crippen molar-refractivity contribution in [2.75, 3.05) is 32.9 Å². The van der Waals surface area contributed by atoms with Crippen molar-refractivity contribution in [3.8, 4) is 5.88 Å². The van der Waals surface area contributed by atoms with Crippen molar-refractivity contribution >= 4 is 11.8 Å². The SMILES string of the molecule is Cn1nc(C(=O)NC2CCCCC2)cc1OCC(=O)N1CCOCC1. The van der Waals surface area contributed by atoms with Crippen LogP contribution in [0.2, 0.25) is 0 Å². The number of rotatable bonds is 5. The summed E-state index contributed by atoms with van der Waals surface area (Å²) >= 11 is 0. The summed E-state index contributed by atoms with van der Waals surface area (Å²) in [5.74, 6) is 0.143. The molecule has 2 aliphatic rings. The number of ether oxygens (including phenoxy) is 2. The minimum absolute atomic E-state index is 0.0663. The van der Waals surface area contributed by atoms with Crippen LogP contribution in [0.4, 0.5) is 0 Å². The van der Waals surface area contributed by atoms with Crippen LogP contribution in [0.3, 0.4) is 0 Å². The maximum absolute atomic E-state index is 12.3. The number of carbonyl (C=O) groups excluding carboxylic acids is 2. The summed E-state index contributed by atoms with van der Waals surface area (Å²) in [6.45, 7) is 2.22. The first-order chi connectivity index (χ1) is 12.1. The molecule has 25 heavy (non-hydrogen) atoms. The van der Waals surface area contributed by atoms with E-state index >= 15 is 0 Å². The summed E-state index contributed by atoms with van der Waals surface area (Å²) in [6, 6.07) is 1.82. The third-order valence-electron chi connectivity index (χ3n) is 4.72. The Morgan fingerprint density at radius 3 is 2.72 bits per heavy atom. The lowest BCUT2D eigenvalue weighted by Gasteiger charge is -2.26. The Morgan fingerprint density at radius 1 is 1.28 bits per heavy atom. The van der Waals surface area contributed by atoms with Gasteiger partial charge in [0.2, 0.25) is 5.88 Å². The second kappa shape index (κ2) is 8.33. The fraction of sp³-hybridized carbons (Fsp3) is 0.706. The number of morpholine rings is 1. The molecule has 2 amide bonds. The zero-order valence-electron chi connectivity index (χ0n) is 14.7. The lowest BCUT2D eigenvalue weighted by Crippen LogP contribution is -2.43. The van der Waals surface area contributed by atoms with E-state index in [-0.39, 0.29) is 24.5 Å². The second-order valence-corrected chi connectivity index (χ2v) is 6.58. The highest BCUT2D eigenvalue weighted by Crippen LogP contribution is 2.18. The quantitative estimate of drug-likeness (QED) is 0.846. The van der Waals surface area contributed by atoms with Crippen molar-refractivity contribution in [3.05, 3.63) is 11.8 Å². The van der Waals surface area contributed by atoms with Gasteiger partial charge in [0.25, 0.3) is 11.8 Å². The number of hydrogen-bond donors (Lipinski definition) is 1. The van der Waals surface area contributed by atoms with Crippen molar-refractivity contribution < 1.29 is 19.1 Å². The monoisotopic (exact) mass is 350 g/mol. The van der Waals surface area contributed by atoms with E-state index < -0.39 is 0 Å². The molecule has 8 heteroatoms. The Labute approximate surface area is 147 Å². The van der Waals surface area contributed by atoms with Crippen LogP contribution in [0, 0.1) is 0 Å². The van der Waals surface area contributed by atoms with E-state index in [0.717, 1.165) is 25.7 Å². The molecule has 0 spiro atoms. The molecule has 1 aromatic rings. The van der Waals surface area contributed by atoms with Crippen LogP contribution in [-0.4, -0.2) is 65.4 Å². The molecule has 1 aliphatic heterocycles. The maximum Gasteiger partial charge on any atom is 0.272 e. The molecule has 0 unspecified atom stereocenters. The van der Waals surface area contributed by atoms with E-state index in [1.807, 2.05) is 0 Å². The van der Waals surface area contributed by atoms with Crippen LogP contribution in [0.15, 0.2) is 6.07 Å². The van der Waals surface area contributed by atoms with Crippen molar-refractivity contribution in [1.29, 1.82) is 0 Å². The van der Waals surface area contributed by atoms with Gasteiger partial charge in [0.05, 0.1) is 13.2 Å². The van der Waals surface area contributed by atoms with Gasteiger partial charge in [-0.15, -0.1) is 0 Å². The second-order valence-electron chi connectivity index (χ2n) is 6.58. The van der Waals surface area contributed by atoms with Crippen molar-refractivity contribution in [2.45, 2.75) is 38.1 Å². The molecule has 0 radical (unpaired) electrons. The lowest BCUT2D eigenvalue weighted by atomic mass is 9.95. The van der Waals surface area contributed by atoms with Crippen molar-refractivity contribution in [2.24, 2.45) is 7.05 Å². The highest BCUT2D eigenvalue weighted by atomic mass is 16.5. The third kappa shape index (κ3) is 4.72. The number of nitrogens with one attached hydrogen (secondary N) is 1. The normalized spacial score (nSPS) is 18.8. The molecule has 138 valence electrons. The van der Waals surface area contributed by atoms with Crippen LogP contribution >= 0.6 is 0 Å². The van der Waals surface area contributed by atoms with Gasteiger partial charge in [0.1, 0.15) is 0 Å². The number of aromatic nitrogens is 2. The minimum atomic E-state index is -0.183. The van der Waals surface area contributed by atoms with E-state index in [2.05, 4.69) is 10.4 Å². The Bertz CT molecular complexity index is 604. The van der Waals surface area contributed by atoms with Crippen LogP contribution in [0.5, 0.6) is 5.88 Å². The van der Waals surface area contributed by atoms with Gasteiger partial charge in [-0.05, 0) is 12.8 Å². The average Bonchev–Trinajstić information content (AvgIpc) is 3.02. The predicted octanol–water partition coefficient (Wildman–Crippen LogP) is 0.720. The molecule has 0 atom stereocenters. The summed E-state index contributed by atoms with van der Waals surface area (Å²) in [6.07, 6.45) is 5.60. The van der Waals surface area contributed by atoms with Gasteiger partial charge >= 0.3 is 0 Å². The highest BCUT2D eigenvalue weighted by Gasteiger charge is 2.21. The highest BCUT2D eigenvalue weighted by molar-refractivity contribution is 5.92. The van der Waals surface area contributed by atoms with Gasteiger partial charge in [-0.1, -0.05) is 19.3 Å². The first kappa shape index (κ1) is 17.7. The van der Waals surface area contributed by atoms with Gasteiger partial charge in [0, 0.05) is 32.2 Å². The molecule has 1 aromatic heterocycles. The Kier molecular flexibility index (Phi) is 5.91. The van der Waals surface area contributed by atoms with E-state index in [0.29, 0.717) is 37.9 Å². The van der Waals surface area contributed by atoms with E-state index in [1.165, 1.54) is 11.1 Å². The standard InChI is InChI=1S/C17H26N4O4/c1-20-16(25-12-15(22)21-7-9-24-10-8-21)11-14(19-20)17(23)18-13-5-3-2-4-6-13/h11,13H,2-10,12H2,1H3,(H,18,23). The van der Waals surface area contributed by atoms with Crippen molar-refractivity contribution in [3.63, 3.8) is 0 Å². The lowest BCUT2D eigenvalue weighted by molar-refractivity contribution is -0.137. The van der Waals surface area contributed by atoms with Crippen LogP contribution < -0.4 is 10.1 Å². The van der Waals surface area contributed by atoms with Gasteiger partial charge in [0.15, 0.2) is 12.3 Å². The summed E-state index contributed by atoms with van der Waals surface area (Å²) in [5.41, 5.74) is 0.321. The Hall–Kier alpha value is -2.09. The van der Waals surface area contributed by atoms with Gasteiger partial charge in [-0.2, -0.15) is 5.10 Å². The Balaban J connectivity index is 1.52. The molecule has 1 N–H and O–H groups in total. The van der Waals surface area contributed by atoms with Gasteiger partial charge in [-0.25, -0.2) is 4.68 Å². The van der Waals surface area contributed by atoms with E-state index in [1.54, 1.807) is 18.0 Å². The molecule has 1 saturated heterocycles. The maximum atomic E-state index is 12.3. The molecule has 1 saturated carbocycles. The van der Waals surface area contributed by atoms with E-state index in [4.69, 9.17) is 9.47 Å². The van der Waals surface area contributed by atoms with Crippen LogP contribution in [0.1, 0.15) is 42.6 Å². The average molecular weight is 350 g/mol. The van der Waals surface area contributed by atoms with Crippen LogP contribution in [0.25, 0.3) is 0 Å². The summed E-state index contributed by atoms with van der Waals surface area (Å²) in [5, 5.41) is 7.23. The van der Waals surface area contributed by atoms with Gasteiger partial charge in [-0.3, -0.25) is 9.59 Å². The first-order valence-electron chi connectivity index (χ1n) is 8.96. The molecule has 2 heterocycles. The fourth-order valence-corrected chi connectivity index (χ4v) is 3.24. The number of aryl methyl sites for hydroxylation is 1.